The highest BCUT2D eigenvalue weighted by molar-refractivity contribution is 8.14. The maximum atomic E-state index is 11.8. The second-order valence-corrected chi connectivity index (χ2v) is 7.75. The zero-order valence-electron chi connectivity index (χ0n) is 13.3. The summed E-state index contributed by atoms with van der Waals surface area (Å²) in [5.74, 6) is 3.52. The minimum absolute atomic E-state index is 0.232. The van der Waals surface area contributed by atoms with Crippen molar-refractivity contribution < 1.29 is 24.9 Å². The molecule has 25 heavy (non-hydrogen) atoms. The fourth-order valence-corrected chi connectivity index (χ4v) is 3.95. The molecule has 1 aliphatic rings. The number of hydrogen-bond donors (Lipinski definition) is 5. The van der Waals surface area contributed by atoms with E-state index in [0.717, 1.165) is 10.6 Å². The molecule has 1 aromatic heterocycles. The van der Waals surface area contributed by atoms with Crippen LogP contribution in [-0.4, -0.2) is 72.6 Å². The van der Waals surface area contributed by atoms with Gasteiger partial charge in [0.2, 0.25) is 0 Å². The number of nitrogens with two attached hydrogens (primary N) is 1. The van der Waals surface area contributed by atoms with E-state index in [0.29, 0.717) is 5.75 Å². The molecule has 1 aliphatic heterocycles. The van der Waals surface area contributed by atoms with Gasteiger partial charge in [0.15, 0.2) is 6.23 Å². The first-order valence-corrected chi connectivity index (χ1v) is 9.22. The molecule has 0 saturated carbocycles. The Bertz CT molecular complexity index is 761. The van der Waals surface area contributed by atoms with Crippen LogP contribution in [0.3, 0.4) is 0 Å². The Morgan fingerprint density at radius 2 is 2.12 bits per heavy atom. The van der Waals surface area contributed by atoms with Crippen molar-refractivity contribution >= 4 is 22.3 Å². The van der Waals surface area contributed by atoms with Crippen LogP contribution in [0.4, 0.5) is 0 Å². The van der Waals surface area contributed by atoms with Crippen molar-refractivity contribution in [1.82, 2.24) is 9.55 Å². The lowest BCUT2D eigenvalue weighted by Gasteiger charge is -2.18. The van der Waals surface area contributed by atoms with Gasteiger partial charge in [-0.3, -0.25) is 19.1 Å². The topological polar surface area (TPSA) is 168 Å². The second kappa shape index (κ2) is 8.06. The standard InChI is InChI=1S/C14H21N3O7S/c1-25(5-3-7(15)13(21)22)6-8-10(19)11(20)12(24-8)17-4-2-9(18)16-14(17)23/h2,4,7-8,10-12,19-20H,1,3,5-6,15H2,(H,21,22)(H,16,18,23)/t7-,8+,10+,11+,12+,25-/m0/s1. The number of ether oxygens (including phenoxy) is 1. The normalized spacial score (nSPS) is 28.6. The first-order valence-electron chi connectivity index (χ1n) is 7.49. The number of aliphatic carboxylic acids is 1. The van der Waals surface area contributed by atoms with Crippen molar-refractivity contribution in [2.75, 3.05) is 11.5 Å². The fraction of sp³-hybridized carbons (Fsp3) is 0.571. The highest BCUT2D eigenvalue weighted by Gasteiger charge is 2.44. The molecule has 6 N–H and O–H groups in total. The summed E-state index contributed by atoms with van der Waals surface area (Å²) < 4.78 is 6.57. The highest BCUT2D eigenvalue weighted by atomic mass is 32.2. The van der Waals surface area contributed by atoms with Crippen LogP contribution in [0.5, 0.6) is 0 Å². The number of carbonyl (C=O) groups is 1. The number of aromatic amines is 1. The number of nitrogens with zero attached hydrogens (tertiary/aromatic N) is 1. The molecule has 0 radical (unpaired) electrons. The number of aliphatic hydroxyl groups excluding tert-OH is 2. The summed E-state index contributed by atoms with van der Waals surface area (Å²) in [5, 5.41) is 29.0. The third-order valence-electron chi connectivity index (χ3n) is 3.90. The molecule has 2 rings (SSSR count). The van der Waals surface area contributed by atoms with E-state index < -0.39 is 58.3 Å². The predicted molar refractivity (Wildman–Crippen MR) is 91.9 cm³/mol. The Hall–Kier alpha value is -1.79. The number of aliphatic hydroxyl groups is 2. The molecule has 1 aromatic rings. The molecular weight excluding hydrogens is 354 g/mol. The molecule has 1 saturated heterocycles. The Morgan fingerprint density at radius 1 is 1.44 bits per heavy atom. The number of aromatic nitrogens is 2. The van der Waals surface area contributed by atoms with Gasteiger partial charge in [-0.15, -0.1) is 0 Å². The molecule has 1 fully saturated rings. The monoisotopic (exact) mass is 375 g/mol. The maximum absolute atomic E-state index is 11.8. The number of nitrogens with one attached hydrogen (secondary N) is 1. The van der Waals surface area contributed by atoms with E-state index in [2.05, 4.69) is 5.87 Å². The summed E-state index contributed by atoms with van der Waals surface area (Å²) in [5.41, 5.74) is 4.10. The Kier molecular flexibility index (Phi) is 6.30. The molecule has 11 heteroatoms. The summed E-state index contributed by atoms with van der Waals surface area (Å²) in [6.45, 7) is 0. The molecule has 6 atom stereocenters. The van der Waals surface area contributed by atoms with Crippen molar-refractivity contribution in [1.29, 1.82) is 0 Å². The molecule has 0 aromatic carbocycles. The Labute approximate surface area is 144 Å². The molecule has 2 heterocycles. The quantitative estimate of drug-likeness (QED) is 0.330. The lowest BCUT2D eigenvalue weighted by atomic mass is 10.1. The number of hydrogen-bond acceptors (Lipinski definition) is 7. The molecule has 0 bridgehead atoms. The molecule has 0 unspecified atom stereocenters. The van der Waals surface area contributed by atoms with Gasteiger partial charge in [-0.2, -0.15) is 10.5 Å². The minimum atomic E-state index is -1.35. The summed E-state index contributed by atoms with van der Waals surface area (Å²) in [6, 6.07) is 0.125. The van der Waals surface area contributed by atoms with Crippen LogP contribution < -0.4 is 17.0 Å². The van der Waals surface area contributed by atoms with Gasteiger partial charge in [0.25, 0.3) is 5.56 Å². The second-order valence-electron chi connectivity index (χ2n) is 5.78. The third kappa shape index (κ3) is 4.64. The summed E-state index contributed by atoms with van der Waals surface area (Å²) >= 11 is 0. The number of H-pyrrole nitrogens is 1. The molecule has 0 amide bonds. The van der Waals surface area contributed by atoms with Gasteiger partial charge >= 0.3 is 11.7 Å². The van der Waals surface area contributed by atoms with Crippen LogP contribution in [0.25, 0.3) is 0 Å². The number of rotatable bonds is 7. The average molecular weight is 375 g/mol. The van der Waals surface area contributed by atoms with E-state index >= 15 is 0 Å². The Balaban J connectivity index is 2.02. The zero-order chi connectivity index (χ0) is 18.7. The first kappa shape index (κ1) is 19.5. The molecule has 0 spiro atoms. The highest BCUT2D eigenvalue weighted by Crippen LogP contribution is 2.31. The van der Waals surface area contributed by atoms with Gasteiger partial charge in [-0.05, 0) is 12.2 Å². The largest absolute Gasteiger partial charge is 0.480 e. The summed E-state index contributed by atoms with van der Waals surface area (Å²) in [4.78, 5) is 35.7. The molecular formula is C14H21N3O7S. The van der Waals surface area contributed by atoms with Crippen LogP contribution in [-0.2, 0) is 9.53 Å². The van der Waals surface area contributed by atoms with Crippen LogP contribution >= 0.6 is 10.5 Å². The Morgan fingerprint density at radius 3 is 2.72 bits per heavy atom. The van der Waals surface area contributed by atoms with E-state index in [4.69, 9.17) is 15.6 Å². The molecule has 140 valence electrons. The maximum Gasteiger partial charge on any atom is 0.330 e. The van der Waals surface area contributed by atoms with E-state index in [1.165, 1.54) is 6.20 Å². The zero-order valence-corrected chi connectivity index (χ0v) is 14.1. The van der Waals surface area contributed by atoms with E-state index in [9.17, 15) is 24.6 Å². The van der Waals surface area contributed by atoms with Crippen molar-refractivity contribution in [3.8, 4) is 0 Å². The van der Waals surface area contributed by atoms with E-state index in [1.807, 2.05) is 4.98 Å². The van der Waals surface area contributed by atoms with E-state index in [-0.39, 0.29) is 12.2 Å². The first-order chi connectivity index (χ1) is 11.7. The average Bonchev–Trinajstić information content (AvgIpc) is 2.81. The number of carboxylic acid groups (broad SMARTS) is 1. The van der Waals surface area contributed by atoms with Crippen molar-refractivity contribution in [2.45, 2.75) is 37.0 Å². The van der Waals surface area contributed by atoms with E-state index in [1.54, 1.807) is 0 Å². The van der Waals surface area contributed by atoms with Gasteiger partial charge in [-0.25, -0.2) is 4.79 Å². The van der Waals surface area contributed by atoms with Gasteiger partial charge < -0.3 is 25.8 Å². The van der Waals surface area contributed by atoms with Crippen molar-refractivity contribution in [3.63, 3.8) is 0 Å². The van der Waals surface area contributed by atoms with Gasteiger partial charge in [0.05, 0.1) is 6.10 Å². The van der Waals surface area contributed by atoms with Crippen LogP contribution in [0.2, 0.25) is 0 Å². The van der Waals surface area contributed by atoms with Crippen LogP contribution in [0.1, 0.15) is 12.6 Å². The predicted octanol–water partition coefficient (Wildman–Crippen LogP) is -2.34. The third-order valence-corrected chi connectivity index (χ3v) is 5.51. The minimum Gasteiger partial charge on any atom is -0.480 e. The van der Waals surface area contributed by atoms with Gasteiger partial charge in [0.1, 0.15) is 18.2 Å². The smallest absolute Gasteiger partial charge is 0.330 e. The number of carboxylic acids is 1. The van der Waals surface area contributed by atoms with Crippen LogP contribution in [0, 0.1) is 0 Å². The summed E-state index contributed by atoms with van der Waals surface area (Å²) in [7, 11) is -0.548. The lowest BCUT2D eigenvalue weighted by Crippen LogP contribution is -2.37. The SMILES string of the molecule is C=[S@@](CC[C@H](N)C(=O)O)C[C@H]1O[C@@H](n2ccc(=O)[nH]c2=O)[C@H](O)[C@@H]1O. The van der Waals surface area contributed by atoms with Crippen molar-refractivity contribution in [2.24, 2.45) is 5.73 Å². The van der Waals surface area contributed by atoms with Gasteiger partial charge in [0, 0.05) is 18.0 Å². The summed E-state index contributed by atoms with van der Waals surface area (Å²) in [6.07, 6.45) is -3.10. The van der Waals surface area contributed by atoms with Crippen LogP contribution in [0.15, 0.2) is 21.9 Å². The molecule has 10 nitrogen and oxygen atoms in total. The fourth-order valence-electron chi connectivity index (χ4n) is 2.46. The molecule has 0 aliphatic carbocycles. The lowest BCUT2D eigenvalue weighted by molar-refractivity contribution is -0.138. The van der Waals surface area contributed by atoms with Crippen molar-refractivity contribution in [3.05, 3.63) is 33.1 Å². The van der Waals surface area contributed by atoms with Gasteiger partial charge in [-0.1, -0.05) is 5.87 Å².